The molecule has 0 aromatic rings. The van der Waals surface area contributed by atoms with Crippen LogP contribution in [-0.2, 0) is 4.74 Å². The molecule has 2 saturated heterocycles. The summed E-state index contributed by atoms with van der Waals surface area (Å²) >= 11 is 0. The summed E-state index contributed by atoms with van der Waals surface area (Å²) in [4.78, 5) is 13.7. The summed E-state index contributed by atoms with van der Waals surface area (Å²) in [7, 11) is 0. The molecule has 5 heteroatoms. The number of amides is 2. The minimum absolute atomic E-state index is 0.0581. The van der Waals surface area contributed by atoms with E-state index in [9.17, 15) is 9.90 Å². The van der Waals surface area contributed by atoms with E-state index < -0.39 is 5.60 Å². The Labute approximate surface area is 102 Å². The number of urea groups is 1. The number of hydrogen-bond donors (Lipinski definition) is 2. The van der Waals surface area contributed by atoms with Crippen LogP contribution in [0.5, 0.6) is 0 Å². The lowest BCUT2D eigenvalue weighted by molar-refractivity contribution is -0.0249. The highest BCUT2D eigenvalue weighted by Crippen LogP contribution is 2.24. The molecule has 2 heterocycles. The van der Waals surface area contributed by atoms with E-state index in [0.717, 1.165) is 25.9 Å². The van der Waals surface area contributed by atoms with E-state index in [1.54, 1.807) is 0 Å². The normalized spacial score (nSPS) is 33.8. The number of rotatable bonds is 2. The van der Waals surface area contributed by atoms with Gasteiger partial charge in [0, 0.05) is 26.1 Å². The third-order valence-electron chi connectivity index (χ3n) is 3.85. The molecule has 2 aliphatic heterocycles. The van der Waals surface area contributed by atoms with Gasteiger partial charge in [-0.3, -0.25) is 0 Å². The Morgan fingerprint density at radius 2 is 2.18 bits per heavy atom. The summed E-state index contributed by atoms with van der Waals surface area (Å²) in [6, 6.07) is -0.0581. The fraction of sp³-hybridized carbons (Fsp3) is 0.917. The molecular formula is C12H22N2O3. The SMILES string of the molecule is CC1OCCC1(O)CNC(=O)N1CCCCC1. The number of piperidine rings is 1. The molecule has 2 atom stereocenters. The summed E-state index contributed by atoms with van der Waals surface area (Å²) < 4.78 is 5.33. The molecule has 0 aromatic carbocycles. The molecule has 5 nitrogen and oxygen atoms in total. The summed E-state index contributed by atoms with van der Waals surface area (Å²) in [5, 5.41) is 13.1. The molecular weight excluding hydrogens is 220 g/mol. The minimum atomic E-state index is -0.897. The van der Waals surface area contributed by atoms with Crippen LogP contribution in [0.3, 0.4) is 0 Å². The molecule has 0 bridgehead atoms. The number of nitrogens with one attached hydrogen (secondary N) is 1. The number of nitrogens with zero attached hydrogens (tertiary/aromatic N) is 1. The van der Waals surface area contributed by atoms with Crippen molar-refractivity contribution < 1.29 is 14.6 Å². The van der Waals surface area contributed by atoms with Gasteiger partial charge in [0.25, 0.3) is 0 Å². The first-order valence-corrected chi connectivity index (χ1v) is 6.48. The number of ether oxygens (including phenoxy) is 1. The lowest BCUT2D eigenvalue weighted by Gasteiger charge is -2.30. The Hall–Kier alpha value is -0.810. The molecule has 0 aromatic heterocycles. The molecule has 2 rings (SSSR count). The van der Waals surface area contributed by atoms with Gasteiger partial charge in [0.15, 0.2) is 0 Å². The number of carbonyl (C=O) groups excluding carboxylic acids is 1. The number of likely N-dealkylation sites (tertiary alicyclic amines) is 1. The predicted molar refractivity (Wildman–Crippen MR) is 63.8 cm³/mol. The van der Waals surface area contributed by atoms with Gasteiger partial charge in [0.1, 0.15) is 5.60 Å². The largest absolute Gasteiger partial charge is 0.385 e. The standard InChI is InChI=1S/C12H22N2O3/c1-10-12(16,5-8-17-10)9-13-11(15)14-6-3-2-4-7-14/h10,16H,2-9H2,1H3,(H,13,15). The average Bonchev–Trinajstić information content (AvgIpc) is 2.68. The van der Waals surface area contributed by atoms with Crippen molar-refractivity contribution >= 4 is 6.03 Å². The first kappa shape index (κ1) is 12.6. The predicted octanol–water partition coefficient (Wildman–Crippen LogP) is 0.722. The van der Waals surface area contributed by atoms with Gasteiger partial charge in [0.2, 0.25) is 0 Å². The maximum Gasteiger partial charge on any atom is 0.317 e. The third kappa shape index (κ3) is 2.90. The summed E-state index contributed by atoms with van der Waals surface area (Å²) in [6.07, 6.45) is 3.76. The molecule has 2 amide bonds. The van der Waals surface area contributed by atoms with Crippen LogP contribution in [0, 0.1) is 0 Å². The van der Waals surface area contributed by atoms with Gasteiger partial charge in [0.05, 0.1) is 12.6 Å². The van der Waals surface area contributed by atoms with Crippen molar-refractivity contribution in [2.45, 2.75) is 44.3 Å². The molecule has 2 N–H and O–H groups in total. The molecule has 2 fully saturated rings. The Kier molecular flexibility index (Phi) is 3.89. The van der Waals surface area contributed by atoms with E-state index in [2.05, 4.69) is 5.32 Å². The highest BCUT2D eigenvalue weighted by molar-refractivity contribution is 5.74. The number of hydrogen-bond acceptors (Lipinski definition) is 3. The van der Waals surface area contributed by atoms with Gasteiger partial charge in [-0.05, 0) is 26.2 Å². The zero-order valence-corrected chi connectivity index (χ0v) is 10.4. The maximum atomic E-state index is 11.9. The molecule has 2 unspecified atom stereocenters. The fourth-order valence-electron chi connectivity index (χ4n) is 2.44. The quantitative estimate of drug-likeness (QED) is 0.750. The van der Waals surface area contributed by atoms with E-state index in [4.69, 9.17) is 4.74 Å². The molecule has 0 spiro atoms. The topological polar surface area (TPSA) is 61.8 Å². The van der Waals surface area contributed by atoms with Crippen LogP contribution in [0.4, 0.5) is 4.79 Å². The Morgan fingerprint density at radius 1 is 1.47 bits per heavy atom. The van der Waals surface area contributed by atoms with Gasteiger partial charge in [-0.1, -0.05) is 0 Å². The van der Waals surface area contributed by atoms with Crippen molar-refractivity contribution in [3.8, 4) is 0 Å². The Bertz CT molecular complexity index is 279. The smallest absolute Gasteiger partial charge is 0.317 e. The number of aliphatic hydroxyl groups is 1. The molecule has 0 radical (unpaired) electrons. The highest BCUT2D eigenvalue weighted by atomic mass is 16.5. The lowest BCUT2D eigenvalue weighted by atomic mass is 9.97. The van der Waals surface area contributed by atoms with Crippen molar-refractivity contribution in [1.82, 2.24) is 10.2 Å². The molecule has 2 aliphatic rings. The molecule has 17 heavy (non-hydrogen) atoms. The van der Waals surface area contributed by atoms with Crippen molar-refractivity contribution in [3.63, 3.8) is 0 Å². The first-order chi connectivity index (χ1) is 8.12. The second-order valence-electron chi connectivity index (χ2n) is 5.07. The zero-order chi connectivity index (χ0) is 12.3. The summed E-state index contributed by atoms with van der Waals surface area (Å²) in [5.74, 6) is 0. The first-order valence-electron chi connectivity index (χ1n) is 6.48. The van der Waals surface area contributed by atoms with Gasteiger partial charge in [-0.2, -0.15) is 0 Å². The maximum absolute atomic E-state index is 11.9. The monoisotopic (exact) mass is 242 g/mol. The zero-order valence-electron chi connectivity index (χ0n) is 10.4. The molecule has 98 valence electrons. The van der Waals surface area contributed by atoms with E-state index in [-0.39, 0.29) is 18.7 Å². The summed E-state index contributed by atoms with van der Waals surface area (Å²) in [6.45, 7) is 4.35. The van der Waals surface area contributed by atoms with Gasteiger partial charge < -0.3 is 20.1 Å². The van der Waals surface area contributed by atoms with Crippen LogP contribution in [0.1, 0.15) is 32.6 Å². The van der Waals surface area contributed by atoms with Crippen LogP contribution in [0.2, 0.25) is 0 Å². The van der Waals surface area contributed by atoms with Gasteiger partial charge in [-0.25, -0.2) is 4.79 Å². The Morgan fingerprint density at radius 3 is 2.76 bits per heavy atom. The minimum Gasteiger partial charge on any atom is -0.385 e. The molecule has 0 aliphatic carbocycles. The van der Waals surface area contributed by atoms with Crippen LogP contribution in [-0.4, -0.2) is 54.0 Å². The molecule has 0 saturated carbocycles. The van der Waals surface area contributed by atoms with Crippen LogP contribution < -0.4 is 5.32 Å². The van der Waals surface area contributed by atoms with Gasteiger partial charge in [-0.15, -0.1) is 0 Å². The summed E-state index contributed by atoms with van der Waals surface area (Å²) in [5.41, 5.74) is -0.897. The van der Waals surface area contributed by atoms with E-state index in [0.29, 0.717) is 13.0 Å². The van der Waals surface area contributed by atoms with Crippen LogP contribution >= 0.6 is 0 Å². The lowest BCUT2D eigenvalue weighted by Crippen LogP contribution is -2.51. The highest BCUT2D eigenvalue weighted by Gasteiger charge is 2.39. The number of carbonyl (C=O) groups is 1. The Balaban J connectivity index is 1.79. The van der Waals surface area contributed by atoms with E-state index in [1.807, 2.05) is 11.8 Å². The van der Waals surface area contributed by atoms with Crippen LogP contribution in [0.25, 0.3) is 0 Å². The average molecular weight is 242 g/mol. The van der Waals surface area contributed by atoms with E-state index >= 15 is 0 Å². The second-order valence-corrected chi connectivity index (χ2v) is 5.07. The van der Waals surface area contributed by atoms with Crippen molar-refractivity contribution in [3.05, 3.63) is 0 Å². The second kappa shape index (κ2) is 5.23. The van der Waals surface area contributed by atoms with Crippen LogP contribution in [0.15, 0.2) is 0 Å². The van der Waals surface area contributed by atoms with Gasteiger partial charge >= 0.3 is 6.03 Å². The fourth-order valence-corrected chi connectivity index (χ4v) is 2.44. The third-order valence-corrected chi connectivity index (χ3v) is 3.85. The van der Waals surface area contributed by atoms with Crippen molar-refractivity contribution in [1.29, 1.82) is 0 Å². The van der Waals surface area contributed by atoms with Crippen molar-refractivity contribution in [2.24, 2.45) is 0 Å². The van der Waals surface area contributed by atoms with Crippen molar-refractivity contribution in [2.75, 3.05) is 26.2 Å². The van der Waals surface area contributed by atoms with E-state index in [1.165, 1.54) is 6.42 Å².